The Kier molecular flexibility index (Phi) is 5.28. The number of nitrogens with one attached hydrogen (secondary N) is 1. The van der Waals surface area contributed by atoms with Gasteiger partial charge in [-0.3, -0.25) is 4.79 Å². The lowest BCUT2D eigenvalue weighted by Gasteiger charge is -2.20. The second-order valence-corrected chi connectivity index (χ2v) is 7.59. The van der Waals surface area contributed by atoms with Crippen molar-refractivity contribution in [2.24, 2.45) is 5.92 Å². The lowest BCUT2D eigenvalue weighted by molar-refractivity contribution is 0.193. The average molecular weight is 381 g/mol. The van der Waals surface area contributed by atoms with E-state index in [1.54, 1.807) is 22.8 Å². The third-order valence-electron chi connectivity index (χ3n) is 4.23. The largest absolute Gasteiger partial charge is 0.465 e. The van der Waals surface area contributed by atoms with E-state index in [1.165, 1.54) is 11.3 Å². The van der Waals surface area contributed by atoms with Gasteiger partial charge in [0.15, 0.2) is 0 Å². The Bertz CT molecular complexity index is 1090. The topological polar surface area (TPSA) is 95.1 Å². The minimum atomic E-state index is -1.15. The molecular weight excluding hydrogens is 362 g/mol. The van der Waals surface area contributed by atoms with Crippen molar-refractivity contribution in [3.63, 3.8) is 0 Å². The fraction of sp³-hybridized carbons (Fsp3) is 0.250. The second-order valence-electron chi connectivity index (χ2n) is 6.64. The number of pyridine rings is 1. The minimum absolute atomic E-state index is 0.0112. The zero-order chi connectivity index (χ0) is 19.6. The van der Waals surface area contributed by atoms with Crippen molar-refractivity contribution in [1.29, 1.82) is 5.26 Å². The van der Waals surface area contributed by atoms with Crippen molar-refractivity contribution >= 4 is 28.2 Å². The molecule has 6 nitrogen and oxygen atoms in total. The molecule has 0 aliphatic heterocycles. The number of thiophene rings is 1. The van der Waals surface area contributed by atoms with Crippen LogP contribution in [-0.4, -0.2) is 15.8 Å². The average Bonchev–Trinajstić information content (AvgIpc) is 3.15. The molecule has 0 saturated heterocycles. The maximum atomic E-state index is 13.2. The first kappa shape index (κ1) is 18.7. The molecule has 3 aromatic rings. The van der Waals surface area contributed by atoms with Gasteiger partial charge in [0.1, 0.15) is 0 Å². The van der Waals surface area contributed by atoms with E-state index in [9.17, 15) is 14.9 Å². The highest BCUT2D eigenvalue weighted by molar-refractivity contribution is 7.13. The van der Waals surface area contributed by atoms with Crippen LogP contribution in [0.25, 0.3) is 21.2 Å². The number of carboxylic acid groups (broad SMARTS) is 1. The fourth-order valence-electron chi connectivity index (χ4n) is 3.16. The van der Waals surface area contributed by atoms with Crippen molar-refractivity contribution in [2.45, 2.75) is 26.9 Å². The molecule has 0 aliphatic rings. The minimum Gasteiger partial charge on any atom is -0.465 e. The SMILES string of the molecule is CC(C)Cn1c(CNC(=O)O)c(-c2cccs2)c2cc(C#N)ccc2c1=O. The maximum absolute atomic E-state index is 13.2. The summed E-state index contributed by atoms with van der Waals surface area (Å²) < 4.78 is 1.66. The molecule has 3 rings (SSSR count). The molecule has 0 bridgehead atoms. The zero-order valence-electron chi connectivity index (χ0n) is 15.0. The van der Waals surface area contributed by atoms with Crippen LogP contribution in [0.4, 0.5) is 4.79 Å². The van der Waals surface area contributed by atoms with E-state index in [-0.39, 0.29) is 18.0 Å². The van der Waals surface area contributed by atoms with Crippen LogP contribution in [-0.2, 0) is 13.1 Å². The Morgan fingerprint density at radius 3 is 2.70 bits per heavy atom. The summed E-state index contributed by atoms with van der Waals surface area (Å²) in [7, 11) is 0. The van der Waals surface area contributed by atoms with Gasteiger partial charge >= 0.3 is 6.09 Å². The predicted molar refractivity (Wildman–Crippen MR) is 106 cm³/mol. The van der Waals surface area contributed by atoms with Crippen molar-refractivity contribution in [3.8, 4) is 16.5 Å². The van der Waals surface area contributed by atoms with Crippen LogP contribution in [0, 0.1) is 17.2 Å². The number of benzene rings is 1. The quantitative estimate of drug-likeness (QED) is 0.698. The number of rotatable bonds is 5. The highest BCUT2D eigenvalue weighted by Crippen LogP contribution is 2.34. The number of fused-ring (bicyclic) bond motifs is 1. The summed E-state index contributed by atoms with van der Waals surface area (Å²) in [5.74, 6) is 0.207. The molecule has 0 unspecified atom stereocenters. The summed E-state index contributed by atoms with van der Waals surface area (Å²) >= 11 is 1.51. The highest BCUT2D eigenvalue weighted by Gasteiger charge is 2.20. The van der Waals surface area contributed by atoms with Gasteiger partial charge in [0.05, 0.1) is 18.2 Å². The summed E-state index contributed by atoms with van der Waals surface area (Å²) in [5, 5.41) is 23.9. The van der Waals surface area contributed by atoms with Gasteiger partial charge in [-0.2, -0.15) is 5.26 Å². The molecule has 0 saturated carbocycles. The fourth-order valence-corrected chi connectivity index (χ4v) is 3.97. The van der Waals surface area contributed by atoms with Crippen LogP contribution in [0.2, 0.25) is 0 Å². The summed E-state index contributed by atoms with van der Waals surface area (Å²) in [5.41, 5.74) is 1.69. The lowest BCUT2D eigenvalue weighted by atomic mass is 9.99. The van der Waals surface area contributed by atoms with Gasteiger partial charge in [0.25, 0.3) is 5.56 Å². The van der Waals surface area contributed by atoms with E-state index in [2.05, 4.69) is 11.4 Å². The third-order valence-corrected chi connectivity index (χ3v) is 5.12. The normalized spacial score (nSPS) is 10.9. The number of hydrogen-bond acceptors (Lipinski definition) is 4. The monoisotopic (exact) mass is 381 g/mol. The van der Waals surface area contributed by atoms with Crippen LogP contribution in [0.15, 0.2) is 40.5 Å². The van der Waals surface area contributed by atoms with Crippen LogP contribution in [0.5, 0.6) is 0 Å². The number of hydrogen-bond donors (Lipinski definition) is 2. The van der Waals surface area contributed by atoms with E-state index >= 15 is 0 Å². The van der Waals surface area contributed by atoms with E-state index in [0.717, 1.165) is 10.4 Å². The predicted octanol–water partition coefficient (Wildman–Crippen LogP) is 4.03. The Morgan fingerprint density at radius 1 is 1.33 bits per heavy atom. The van der Waals surface area contributed by atoms with E-state index in [1.807, 2.05) is 31.4 Å². The molecule has 2 N–H and O–H groups in total. The van der Waals surface area contributed by atoms with E-state index < -0.39 is 6.09 Å². The summed E-state index contributed by atoms with van der Waals surface area (Å²) in [6.45, 7) is 4.50. The van der Waals surface area contributed by atoms with E-state index in [0.29, 0.717) is 28.6 Å². The Hall–Kier alpha value is -3.11. The molecular formula is C20H19N3O3S. The summed E-state index contributed by atoms with van der Waals surface area (Å²) in [4.78, 5) is 25.2. The molecule has 27 heavy (non-hydrogen) atoms. The Labute approximate surface area is 160 Å². The first-order chi connectivity index (χ1) is 12.9. The van der Waals surface area contributed by atoms with Gasteiger partial charge in [0.2, 0.25) is 0 Å². The number of amides is 1. The van der Waals surface area contributed by atoms with Crippen LogP contribution >= 0.6 is 11.3 Å². The Morgan fingerprint density at radius 2 is 2.11 bits per heavy atom. The standard InChI is InChI=1S/C20H19N3O3S/c1-12(2)11-23-16(10-22-20(25)26)18(17-4-3-7-27-17)15-8-13(9-21)5-6-14(15)19(23)24/h3-8,12,22H,10-11H2,1-2H3,(H,25,26). The van der Waals surface area contributed by atoms with Crippen molar-refractivity contribution in [2.75, 3.05) is 0 Å². The molecule has 0 atom stereocenters. The smallest absolute Gasteiger partial charge is 0.404 e. The number of carbonyl (C=O) groups is 1. The van der Waals surface area contributed by atoms with Gasteiger partial charge in [-0.05, 0) is 40.9 Å². The second kappa shape index (κ2) is 7.64. The molecule has 0 fully saturated rings. The first-order valence-corrected chi connectivity index (χ1v) is 9.40. The van der Waals surface area contributed by atoms with Gasteiger partial charge in [0, 0.05) is 28.1 Å². The van der Waals surface area contributed by atoms with Gasteiger partial charge in [-0.25, -0.2) is 4.79 Å². The van der Waals surface area contributed by atoms with Gasteiger partial charge in [-0.15, -0.1) is 11.3 Å². The van der Waals surface area contributed by atoms with Crippen molar-refractivity contribution in [1.82, 2.24) is 9.88 Å². The zero-order valence-corrected chi connectivity index (χ0v) is 15.8. The highest BCUT2D eigenvalue weighted by atomic mass is 32.1. The maximum Gasteiger partial charge on any atom is 0.404 e. The van der Waals surface area contributed by atoms with Crippen molar-refractivity contribution < 1.29 is 9.90 Å². The number of aromatic nitrogens is 1. The molecule has 138 valence electrons. The number of nitriles is 1. The van der Waals surface area contributed by atoms with Crippen LogP contribution in [0.3, 0.4) is 0 Å². The van der Waals surface area contributed by atoms with Gasteiger partial charge in [-0.1, -0.05) is 19.9 Å². The molecule has 0 aliphatic carbocycles. The third kappa shape index (κ3) is 3.71. The molecule has 7 heteroatoms. The van der Waals surface area contributed by atoms with Gasteiger partial charge < -0.3 is 15.0 Å². The number of nitrogens with zero attached hydrogens (tertiary/aromatic N) is 2. The molecule has 0 radical (unpaired) electrons. The first-order valence-electron chi connectivity index (χ1n) is 8.52. The summed E-state index contributed by atoms with van der Waals surface area (Å²) in [6, 6.07) is 11.0. The molecule has 0 spiro atoms. The molecule has 1 amide bonds. The lowest BCUT2D eigenvalue weighted by Crippen LogP contribution is -2.31. The molecule has 1 aromatic carbocycles. The summed E-state index contributed by atoms with van der Waals surface area (Å²) in [6.07, 6.45) is -1.15. The van der Waals surface area contributed by atoms with E-state index in [4.69, 9.17) is 5.11 Å². The molecule has 2 aromatic heterocycles. The molecule has 2 heterocycles. The van der Waals surface area contributed by atoms with Crippen molar-refractivity contribution in [3.05, 3.63) is 57.3 Å². The Balaban J connectivity index is 2.43. The van der Waals surface area contributed by atoms with Crippen LogP contribution < -0.4 is 10.9 Å². The van der Waals surface area contributed by atoms with Crippen LogP contribution in [0.1, 0.15) is 25.1 Å².